The summed E-state index contributed by atoms with van der Waals surface area (Å²) in [5.74, 6) is 0.544. The summed E-state index contributed by atoms with van der Waals surface area (Å²) < 4.78 is 5.58. The first-order valence-corrected chi connectivity index (χ1v) is 6.82. The van der Waals surface area contributed by atoms with Gasteiger partial charge < -0.3 is 15.8 Å². The van der Waals surface area contributed by atoms with Crippen LogP contribution in [-0.4, -0.2) is 12.5 Å². The number of nitrogen functional groups attached to an aromatic ring is 1. The van der Waals surface area contributed by atoms with E-state index in [2.05, 4.69) is 5.32 Å². The van der Waals surface area contributed by atoms with Crippen molar-refractivity contribution in [2.75, 3.05) is 17.7 Å². The number of aryl methyl sites for hydroxylation is 2. The van der Waals surface area contributed by atoms with Gasteiger partial charge in [-0.2, -0.15) is 0 Å². The zero-order chi connectivity index (χ0) is 15.4. The van der Waals surface area contributed by atoms with Gasteiger partial charge in [-0.25, -0.2) is 0 Å². The van der Waals surface area contributed by atoms with E-state index < -0.39 is 0 Å². The molecular weight excluding hydrogens is 264 g/mol. The van der Waals surface area contributed by atoms with Crippen LogP contribution >= 0.6 is 0 Å². The zero-order valence-electron chi connectivity index (χ0n) is 12.6. The number of hydrogen-bond acceptors (Lipinski definition) is 3. The molecule has 0 saturated carbocycles. The summed E-state index contributed by atoms with van der Waals surface area (Å²) in [6.45, 7) is 5.87. The standard InChI is InChI=1S/C17H20N2O2/c1-11-5-4-6-16(13(11)3)21-10-17(20)19-15-8-7-14(18)9-12(15)2/h4-9H,10,18H2,1-3H3,(H,19,20). The Kier molecular flexibility index (Phi) is 4.48. The van der Waals surface area contributed by atoms with Crippen molar-refractivity contribution in [1.82, 2.24) is 0 Å². The van der Waals surface area contributed by atoms with Crippen LogP contribution in [0.5, 0.6) is 5.75 Å². The molecule has 3 N–H and O–H groups in total. The molecule has 4 nitrogen and oxygen atoms in total. The van der Waals surface area contributed by atoms with Crippen molar-refractivity contribution in [2.45, 2.75) is 20.8 Å². The highest BCUT2D eigenvalue weighted by atomic mass is 16.5. The number of anilines is 2. The third kappa shape index (κ3) is 3.75. The molecular formula is C17H20N2O2. The summed E-state index contributed by atoms with van der Waals surface area (Å²) in [7, 11) is 0. The second-order valence-corrected chi connectivity index (χ2v) is 5.11. The fraction of sp³-hybridized carbons (Fsp3) is 0.235. The molecule has 0 unspecified atom stereocenters. The van der Waals surface area contributed by atoms with Gasteiger partial charge in [0.2, 0.25) is 0 Å². The molecule has 0 aliphatic heterocycles. The number of hydrogen-bond donors (Lipinski definition) is 2. The van der Waals surface area contributed by atoms with Crippen molar-refractivity contribution in [3.05, 3.63) is 53.1 Å². The van der Waals surface area contributed by atoms with Gasteiger partial charge >= 0.3 is 0 Å². The van der Waals surface area contributed by atoms with Crippen molar-refractivity contribution < 1.29 is 9.53 Å². The van der Waals surface area contributed by atoms with Gasteiger partial charge in [-0.05, 0) is 61.7 Å². The number of benzene rings is 2. The predicted octanol–water partition coefficient (Wildman–Crippen LogP) is 3.21. The summed E-state index contributed by atoms with van der Waals surface area (Å²) in [5, 5.41) is 2.82. The maximum atomic E-state index is 12.0. The normalized spacial score (nSPS) is 10.2. The Morgan fingerprint density at radius 3 is 2.62 bits per heavy atom. The first-order chi connectivity index (χ1) is 9.97. The fourth-order valence-corrected chi connectivity index (χ4v) is 2.04. The number of nitrogens with one attached hydrogen (secondary N) is 1. The average Bonchev–Trinajstić information content (AvgIpc) is 2.43. The monoisotopic (exact) mass is 284 g/mol. The smallest absolute Gasteiger partial charge is 0.262 e. The van der Waals surface area contributed by atoms with Crippen molar-refractivity contribution in [2.24, 2.45) is 0 Å². The Labute approximate surface area is 124 Å². The number of carbonyl (C=O) groups is 1. The minimum Gasteiger partial charge on any atom is -0.483 e. The van der Waals surface area contributed by atoms with Crippen LogP contribution in [0.3, 0.4) is 0 Å². The van der Waals surface area contributed by atoms with E-state index in [9.17, 15) is 4.79 Å². The molecule has 1 amide bonds. The van der Waals surface area contributed by atoms with Crippen molar-refractivity contribution in [1.29, 1.82) is 0 Å². The zero-order valence-corrected chi connectivity index (χ0v) is 12.6. The minimum absolute atomic E-state index is 0.0197. The van der Waals surface area contributed by atoms with E-state index in [4.69, 9.17) is 10.5 Å². The Morgan fingerprint density at radius 1 is 1.14 bits per heavy atom. The Bertz CT molecular complexity index is 666. The highest BCUT2D eigenvalue weighted by Crippen LogP contribution is 2.21. The predicted molar refractivity (Wildman–Crippen MR) is 85.6 cm³/mol. The number of carbonyl (C=O) groups excluding carboxylic acids is 1. The molecule has 0 saturated heterocycles. The number of rotatable bonds is 4. The lowest BCUT2D eigenvalue weighted by molar-refractivity contribution is -0.118. The molecule has 0 fully saturated rings. The maximum absolute atomic E-state index is 12.0. The summed E-state index contributed by atoms with van der Waals surface area (Å²) in [5.41, 5.74) is 10.2. The van der Waals surface area contributed by atoms with Gasteiger partial charge in [0.05, 0.1) is 0 Å². The van der Waals surface area contributed by atoms with Gasteiger partial charge in [0.15, 0.2) is 6.61 Å². The Balaban J connectivity index is 1.97. The molecule has 0 aliphatic rings. The van der Waals surface area contributed by atoms with Crippen molar-refractivity contribution >= 4 is 17.3 Å². The molecule has 0 aromatic heterocycles. The highest BCUT2D eigenvalue weighted by molar-refractivity contribution is 5.92. The third-order valence-electron chi connectivity index (χ3n) is 3.44. The first-order valence-electron chi connectivity index (χ1n) is 6.82. The summed E-state index contributed by atoms with van der Waals surface area (Å²) in [6, 6.07) is 11.2. The molecule has 0 aliphatic carbocycles. The molecule has 0 bridgehead atoms. The summed E-state index contributed by atoms with van der Waals surface area (Å²) in [4.78, 5) is 12.0. The van der Waals surface area contributed by atoms with E-state index in [1.165, 1.54) is 0 Å². The largest absolute Gasteiger partial charge is 0.483 e. The minimum atomic E-state index is -0.191. The molecule has 2 aromatic rings. The van der Waals surface area contributed by atoms with Crippen LogP contribution in [0.4, 0.5) is 11.4 Å². The molecule has 2 aromatic carbocycles. The van der Waals surface area contributed by atoms with Gasteiger partial charge in [0, 0.05) is 11.4 Å². The number of amides is 1. The number of nitrogens with two attached hydrogens (primary N) is 1. The van der Waals surface area contributed by atoms with Crippen LogP contribution in [0.1, 0.15) is 16.7 Å². The second kappa shape index (κ2) is 6.31. The fourth-order valence-electron chi connectivity index (χ4n) is 2.04. The Hall–Kier alpha value is -2.49. The average molecular weight is 284 g/mol. The van der Waals surface area contributed by atoms with Gasteiger partial charge in [0.1, 0.15) is 5.75 Å². The van der Waals surface area contributed by atoms with Gasteiger partial charge in [-0.3, -0.25) is 4.79 Å². The molecule has 0 heterocycles. The van der Waals surface area contributed by atoms with Gasteiger partial charge in [0.25, 0.3) is 5.91 Å². The van der Waals surface area contributed by atoms with Crippen molar-refractivity contribution in [3.8, 4) is 5.75 Å². The van der Waals surface area contributed by atoms with Crippen LogP contribution in [0.25, 0.3) is 0 Å². The molecule has 110 valence electrons. The SMILES string of the molecule is Cc1cc(N)ccc1NC(=O)COc1cccc(C)c1C. The molecule has 2 rings (SSSR count). The number of ether oxygens (including phenoxy) is 1. The summed E-state index contributed by atoms with van der Waals surface area (Å²) in [6.07, 6.45) is 0. The topological polar surface area (TPSA) is 64.3 Å². The lowest BCUT2D eigenvalue weighted by Crippen LogP contribution is -2.21. The third-order valence-corrected chi connectivity index (χ3v) is 3.44. The van der Waals surface area contributed by atoms with Crippen LogP contribution in [0.2, 0.25) is 0 Å². The molecule has 0 spiro atoms. The van der Waals surface area contributed by atoms with Gasteiger partial charge in [-0.15, -0.1) is 0 Å². The molecule has 0 radical (unpaired) electrons. The van der Waals surface area contributed by atoms with E-state index >= 15 is 0 Å². The van der Waals surface area contributed by atoms with E-state index in [1.54, 1.807) is 12.1 Å². The second-order valence-electron chi connectivity index (χ2n) is 5.11. The van der Waals surface area contributed by atoms with Crippen LogP contribution in [0, 0.1) is 20.8 Å². The lowest BCUT2D eigenvalue weighted by Gasteiger charge is -2.12. The van der Waals surface area contributed by atoms with Crippen LogP contribution in [-0.2, 0) is 4.79 Å². The van der Waals surface area contributed by atoms with Gasteiger partial charge in [-0.1, -0.05) is 12.1 Å². The van der Waals surface area contributed by atoms with Crippen molar-refractivity contribution in [3.63, 3.8) is 0 Å². The maximum Gasteiger partial charge on any atom is 0.262 e. The highest BCUT2D eigenvalue weighted by Gasteiger charge is 2.08. The molecule has 4 heteroatoms. The lowest BCUT2D eigenvalue weighted by atomic mass is 10.1. The molecule has 21 heavy (non-hydrogen) atoms. The van der Waals surface area contributed by atoms with E-state index in [0.717, 1.165) is 28.1 Å². The Morgan fingerprint density at radius 2 is 1.90 bits per heavy atom. The first kappa shape index (κ1) is 14.9. The van der Waals surface area contributed by atoms with E-state index in [1.807, 2.05) is 45.0 Å². The van der Waals surface area contributed by atoms with E-state index in [-0.39, 0.29) is 12.5 Å². The van der Waals surface area contributed by atoms with Crippen LogP contribution < -0.4 is 15.8 Å². The quantitative estimate of drug-likeness (QED) is 0.847. The van der Waals surface area contributed by atoms with Crippen LogP contribution in [0.15, 0.2) is 36.4 Å². The van der Waals surface area contributed by atoms with E-state index in [0.29, 0.717) is 5.69 Å². The summed E-state index contributed by atoms with van der Waals surface area (Å²) >= 11 is 0. The molecule has 0 atom stereocenters.